The van der Waals surface area contributed by atoms with Gasteiger partial charge >= 0.3 is 425 Å². The predicted molar refractivity (Wildman–Crippen MR) is 301 cm³/mol. The molecule has 0 N–H and O–H groups in total. The van der Waals surface area contributed by atoms with Crippen molar-refractivity contribution in [2.24, 2.45) is 10.8 Å². The molecule has 2 aliphatic carbocycles. The second-order valence-electron chi connectivity index (χ2n) is 24.3. The molecule has 1 aliphatic heterocycles. The molecule has 0 saturated heterocycles. The van der Waals surface area contributed by atoms with Gasteiger partial charge in [-0.25, -0.2) is 0 Å². The van der Waals surface area contributed by atoms with Gasteiger partial charge in [0.1, 0.15) is 0 Å². The molecular weight excluding hydrogens is 959 g/mol. The molecule has 1 heterocycles. The number of halogens is 2. The number of hydrogen-bond acceptors (Lipinski definition) is 0. The maximum absolute atomic E-state index is 9.68. The summed E-state index contributed by atoms with van der Waals surface area (Å²) in [7, 11) is 18.4. The number of fused-ring (bicyclic) bond motifs is 5. The molecular formula is C64H75Cl2SiZr. The third-order valence-electron chi connectivity index (χ3n) is 16.2. The summed E-state index contributed by atoms with van der Waals surface area (Å²) >= 11 is -5.90. The average molecular weight is 1030 g/mol. The zero-order valence-corrected chi connectivity index (χ0v) is 49.3. The van der Waals surface area contributed by atoms with E-state index >= 15 is 0 Å². The van der Waals surface area contributed by atoms with Crippen molar-refractivity contribution in [1.82, 2.24) is 0 Å². The summed E-state index contributed by atoms with van der Waals surface area (Å²) in [5.41, 5.74) is 23.6. The van der Waals surface area contributed by atoms with Crippen molar-refractivity contribution >= 4 is 52.3 Å². The first-order valence-electron chi connectivity index (χ1n) is 25.6. The SMILES string of the molecule is Cc1ccc2c(c1-c1cc(C(C)C)cc(C(C)C)c1)C=C(C(C)(C)C)[CH]2[Zr]([Cl])([Cl])([c]1cccc2c1[SiH2]c1ccccc1-2)[CH]1C(C(C)(C)C)=Cc2c1ccc(C)c2-c1cc(C(C)C)cc(C(C)C)c1. The average Bonchev–Trinajstić information content (AvgIpc) is 3.99. The van der Waals surface area contributed by atoms with E-state index < -0.39 is 25.9 Å². The van der Waals surface area contributed by atoms with Crippen molar-refractivity contribution in [2.45, 2.75) is 142 Å². The van der Waals surface area contributed by atoms with Crippen molar-refractivity contribution in [3.8, 4) is 33.4 Å². The van der Waals surface area contributed by atoms with Crippen molar-refractivity contribution in [3.05, 3.63) is 170 Å². The van der Waals surface area contributed by atoms with Gasteiger partial charge in [0.25, 0.3) is 0 Å². The zero-order valence-electron chi connectivity index (χ0n) is 43.9. The number of rotatable bonds is 9. The Kier molecular flexibility index (Phi) is 12.6. The first kappa shape index (κ1) is 49.5. The van der Waals surface area contributed by atoms with Crippen LogP contribution in [0.1, 0.15) is 183 Å². The van der Waals surface area contributed by atoms with Crippen LogP contribution in [0.2, 0.25) is 0 Å². The second-order valence-corrected chi connectivity index (χ2v) is 46.7. The van der Waals surface area contributed by atoms with Crippen LogP contribution >= 0.6 is 17.0 Å². The van der Waals surface area contributed by atoms with Crippen LogP contribution in [0.4, 0.5) is 0 Å². The summed E-state index contributed by atoms with van der Waals surface area (Å²) in [5, 5.41) is 2.95. The molecule has 0 amide bonds. The summed E-state index contributed by atoms with van der Waals surface area (Å²) in [6, 6.07) is 40.6. The molecule has 3 aliphatic rings. The molecule has 0 aromatic heterocycles. The Morgan fingerprint density at radius 3 is 1.28 bits per heavy atom. The standard InChI is InChI=1S/2C26H33.C12H9Si.2ClH.Zr/c2*1-16(2)20-11-21(17(3)4)13-22(12-20)25-18(5)9-10-19-14-23(15-24(19)25)26(6,7)8;1-3-7-11-9(5-1)10-6-2-4-8-12(10)13-11;;;/h2*9-17H,1-8H3;1-7H,13H2;2*1H;/q;;;;;+2/p-2. The van der Waals surface area contributed by atoms with Gasteiger partial charge in [0.15, 0.2) is 0 Å². The quantitative estimate of drug-likeness (QED) is 0.126. The molecule has 68 heavy (non-hydrogen) atoms. The van der Waals surface area contributed by atoms with E-state index in [-0.39, 0.29) is 18.1 Å². The van der Waals surface area contributed by atoms with Crippen LogP contribution in [-0.2, 0) is 16.4 Å². The van der Waals surface area contributed by atoms with Crippen LogP contribution in [0, 0.1) is 24.7 Å². The van der Waals surface area contributed by atoms with Gasteiger partial charge in [0.2, 0.25) is 0 Å². The van der Waals surface area contributed by atoms with E-state index in [4.69, 9.17) is 0 Å². The van der Waals surface area contributed by atoms with Crippen LogP contribution in [-0.4, -0.2) is 9.52 Å². The van der Waals surface area contributed by atoms with Gasteiger partial charge in [-0.3, -0.25) is 0 Å². The van der Waals surface area contributed by atoms with Crippen LogP contribution in [0.25, 0.3) is 45.5 Å². The summed E-state index contributed by atoms with van der Waals surface area (Å²) in [6.07, 6.45) is 5.16. The minimum absolute atomic E-state index is 0.181. The van der Waals surface area contributed by atoms with Gasteiger partial charge in [-0.1, -0.05) is 0 Å². The molecule has 9 rings (SSSR count). The molecule has 2 atom stereocenters. The number of allylic oxidation sites excluding steroid dienone is 2. The monoisotopic (exact) mass is 1030 g/mol. The van der Waals surface area contributed by atoms with Crippen molar-refractivity contribution in [3.63, 3.8) is 0 Å². The van der Waals surface area contributed by atoms with E-state index in [2.05, 4.69) is 226 Å². The van der Waals surface area contributed by atoms with Gasteiger partial charge in [-0.15, -0.1) is 0 Å². The van der Waals surface area contributed by atoms with Gasteiger partial charge in [-0.2, -0.15) is 0 Å². The number of aryl methyl sites for hydroxylation is 2. The third kappa shape index (κ3) is 8.03. The van der Waals surface area contributed by atoms with Crippen LogP contribution in [0.3, 0.4) is 0 Å². The Morgan fingerprint density at radius 1 is 0.485 bits per heavy atom. The van der Waals surface area contributed by atoms with E-state index in [0.717, 1.165) is 0 Å². The number of hydrogen-bond donors (Lipinski definition) is 0. The second kappa shape index (κ2) is 17.4. The van der Waals surface area contributed by atoms with Gasteiger partial charge in [0.05, 0.1) is 0 Å². The predicted octanol–water partition coefficient (Wildman–Crippen LogP) is 17.2. The van der Waals surface area contributed by atoms with E-state index in [1.54, 1.807) is 0 Å². The first-order chi connectivity index (χ1) is 31.8. The van der Waals surface area contributed by atoms with E-state index in [9.17, 15) is 17.0 Å². The summed E-state index contributed by atoms with van der Waals surface area (Å²) < 4.78 is 0.923. The minimum atomic E-state index is -5.90. The number of benzene rings is 6. The molecule has 0 radical (unpaired) electrons. The molecule has 0 fully saturated rings. The molecule has 0 bridgehead atoms. The van der Waals surface area contributed by atoms with Crippen LogP contribution < -0.4 is 13.6 Å². The van der Waals surface area contributed by atoms with Crippen molar-refractivity contribution < 1.29 is 16.4 Å². The van der Waals surface area contributed by atoms with Gasteiger partial charge in [-0.05, 0) is 0 Å². The Bertz CT molecular complexity index is 2880. The fraction of sp³-hybridized carbons (Fsp3) is 0.375. The maximum atomic E-state index is 9.68. The molecule has 6 aromatic rings. The summed E-state index contributed by atoms with van der Waals surface area (Å²) in [6.45, 7) is 37.6. The normalized spacial score (nSPS) is 17.7. The zero-order chi connectivity index (χ0) is 49.2. The van der Waals surface area contributed by atoms with Gasteiger partial charge in [0, 0.05) is 0 Å². The molecule has 0 saturated carbocycles. The molecule has 4 heteroatoms. The molecule has 6 aromatic carbocycles. The molecule has 0 spiro atoms. The summed E-state index contributed by atoms with van der Waals surface area (Å²) in [4.78, 5) is 0. The fourth-order valence-electron chi connectivity index (χ4n) is 12.4. The molecule has 2 unspecified atom stereocenters. The Labute approximate surface area is 421 Å². The topological polar surface area (TPSA) is 0 Å². The Balaban J connectivity index is 1.42. The Hall–Kier alpha value is -3.52. The molecule has 0 nitrogen and oxygen atoms in total. The molecule has 353 valence electrons. The van der Waals surface area contributed by atoms with Crippen LogP contribution in [0.15, 0.2) is 114 Å². The van der Waals surface area contributed by atoms with Crippen molar-refractivity contribution in [1.29, 1.82) is 0 Å². The van der Waals surface area contributed by atoms with E-state index in [0.29, 0.717) is 23.7 Å². The van der Waals surface area contributed by atoms with Crippen LogP contribution in [0.5, 0.6) is 0 Å². The van der Waals surface area contributed by atoms with E-state index in [1.165, 1.54) is 114 Å². The summed E-state index contributed by atoms with van der Waals surface area (Å²) in [5.74, 6) is 1.64. The first-order valence-corrected chi connectivity index (χ1v) is 37.4. The van der Waals surface area contributed by atoms with Gasteiger partial charge < -0.3 is 0 Å². The van der Waals surface area contributed by atoms with Crippen molar-refractivity contribution in [2.75, 3.05) is 0 Å². The van der Waals surface area contributed by atoms with E-state index in [1.807, 2.05) is 0 Å². The third-order valence-corrected chi connectivity index (χ3v) is 38.7. The fourth-order valence-corrected chi connectivity index (χ4v) is 40.7. The Morgan fingerprint density at radius 2 is 0.882 bits per heavy atom.